The van der Waals surface area contributed by atoms with E-state index in [0.717, 1.165) is 12.8 Å². The third kappa shape index (κ3) is 9.88. The Balaban J connectivity index is 1.69. The molecule has 6 nitrogen and oxygen atoms in total. The molecular formula is C40H80O6Si4. The number of carbonyl (C=O) groups is 1. The van der Waals surface area contributed by atoms with Gasteiger partial charge in [-0.15, -0.1) is 0 Å². The van der Waals surface area contributed by atoms with Gasteiger partial charge in [-0.05, 0) is 190 Å². The minimum absolute atomic E-state index is 0.101. The lowest BCUT2D eigenvalue weighted by atomic mass is 9.43. The van der Waals surface area contributed by atoms with Gasteiger partial charge in [0.25, 0.3) is 0 Å². The number of carbonyl (C=O) groups excluding carboxylic acids is 1. The Morgan fingerprint density at radius 3 is 1.86 bits per heavy atom. The Morgan fingerprint density at radius 2 is 1.32 bits per heavy atom. The van der Waals surface area contributed by atoms with Gasteiger partial charge in [0.15, 0.2) is 33.3 Å². The van der Waals surface area contributed by atoms with Crippen molar-refractivity contribution in [2.24, 2.45) is 52.3 Å². The van der Waals surface area contributed by atoms with Gasteiger partial charge >= 0.3 is 5.97 Å². The summed E-state index contributed by atoms with van der Waals surface area (Å²) >= 11 is 0. The fourth-order valence-corrected chi connectivity index (χ4v) is 16.5. The molecule has 4 saturated carbocycles. The predicted molar refractivity (Wildman–Crippen MR) is 218 cm³/mol. The molecule has 0 aromatic carbocycles. The molecule has 6 unspecified atom stereocenters. The van der Waals surface area contributed by atoms with Crippen LogP contribution in [0.2, 0.25) is 78.6 Å². The average Bonchev–Trinajstić information content (AvgIpc) is 3.30. The highest BCUT2D eigenvalue weighted by atomic mass is 28.4. The van der Waals surface area contributed by atoms with Crippen LogP contribution in [0.3, 0.4) is 0 Å². The van der Waals surface area contributed by atoms with E-state index in [1.165, 1.54) is 52.1 Å². The van der Waals surface area contributed by atoms with E-state index >= 15 is 0 Å². The predicted octanol–water partition coefficient (Wildman–Crippen LogP) is 11.0. The van der Waals surface area contributed by atoms with Crippen LogP contribution in [-0.4, -0.2) is 70.8 Å². The lowest BCUT2D eigenvalue weighted by molar-refractivity contribution is -0.199. The standard InChI is InChI=1S/C40H80O6Si4/c1-27(18-21-34(44-48(9,10)11)28(2)38(41)42-5)31-19-20-32-37-33(26-36(40(31,32)4)46-50(15,16)17)39(3)23-22-30(43-47(6,7)8)24-29(39)25-35(37)45-49(12,13)14/h27-37H,18-26H2,1-17H3/t27?,28?,29-,30+,31+,32?,33?,34?,35+,36-,37?,39-,40+/m0/s1. The number of ether oxygens (including phenoxy) is 1. The van der Waals surface area contributed by atoms with Crippen molar-refractivity contribution < 1.29 is 27.2 Å². The summed E-state index contributed by atoms with van der Waals surface area (Å²) in [6.45, 7) is 38.0. The van der Waals surface area contributed by atoms with Crippen molar-refractivity contribution in [3.05, 3.63) is 0 Å². The van der Waals surface area contributed by atoms with Crippen molar-refractivity contribution in [1.82, 2.24) is 0 Å². The van der Waals surface area contributed by atoms with Crippen LogP contribution in [-0.2, 0) is 27.2 Å². The van der Waals surface area contributed by atoms with E-state index in [9.17, 15) is 4.79 Å². The van der Waals surface area contributed by atoms with E-state index in [4.69, 9.17) is 22.4 Å². The minimum atomic E-state index is -1.85. The molecule has 292 valence electrons. The number of methoxy groups -OCH3 is 1. The fraction of sp³-hybridized carbons (Fsp3) is 0.975. The Kier molecular flexibility index (Phi) is 13.2. The van der Waals surface area contributed by atoms with E-state index < -0.39 is 33.3 Å². The summed E-state index contributed by atoms with van der Waals surface area (Å²) in [5, 5.41) is 0. The number of rotatable bonds is 14. The molecule has 13 atom stereocenters. The van der Waals surface area contributed by atoms with Crippen molar-refractivity contribution in [3.63, 3.8) is 0 Å². The van der Waals surface area contributed by atoms with E-state index in [1.54, 1.807) is 0 Å². The van der Waals surface area contributed by atoms with Gasteiger partial charge in [0.2, 0.25) is 0 Å². The fourth-order valence-electron chi connectivity index (χ4n) is 11.7. The lowest BCUT2D eigenvalue weighted by Crippen LogP contribution is -2.64. The second-order valence-corrected chi connectivity index (χ2v) is 39.6. The van der Waals surface area contributed by atoms with Crippen LogP contribution in [0, 0.1) is 52.3 Å². The van der Waals surface area contributed by atoms with Crippen molar-refractivity contribution in [3.8, 4) is 0 Å². The molecule has 4 aliphatic carbocycles. The van der Waals surface area contributed by atoms with Crippen LogP contribution >= 0.6 is 0 Å². The van der Waals surface area contributed by atoms with Crippen LogP contribution < -0.4 is 0 Å². The first kappa shape index (κ1) is 42.9. The van der Waals surface area contributed by atoms with Crippen LogP contribution in [0.25, 0.3) is 0 Å². The van der Waals surface area contributed by atoms with Crippen LogP contribution in [0.4, 0.5) is 0 Å². The zero-order valence-electron chi connectivity index (χ0n) is 35.7. The van der Waals surface area contributed by atoms with Crippen molar-refractivity contribution in [2.45, 2.75) is 188 Å². The average molecular weight is 769 g/mol. The third-order valence-corrected chi connectivity index (χ3v) is 17.6. The molecule has 0 radical (unpaired) electrons. The summed E-state index contributed by atoms with van der Waals surface area (Å²) in [5.41, 5.74) is 0.410. The zero-order chi connectivity index (χ0) is 37.8. The Hall–Kier alpha value is 0.178. The van der Waals surface area contributed by atoms with Crippen LogP contribution in [0.15, 0.2) is 0 Å². The molecule has 0 N–H and O–H groups in total. The molecule has 4 rings (SSSR count). The maximum Gasteiger partial charge on any atom is 0.310 e. The van der Waals surface area contributed by atoms with Gasteiger partial charge in [-0.25, -0.2) is 0 Å². The van der Waals surface area contributed by atoms with Crippen molar-refractivity contribution in [2.75, 3.05) is 7.11 Å². The first-order valence-electron chi connectivity index (χ1n) is 20.5. The van der Waals surface area contributed by atoms with Gasteiger partial charge in [0, 0.05) is 12.2 Å². The number of hydrogen-bond acceptors (Lipinski definition) is 6. The normalized spacial score (nSPS) is 38.4. The molecule has 4 aliphatic rings. The number of esters is 1. The Labute approximate surface area is 313 Å². The van der Waals surface area contributed by atoms with Gasteiger partial charge in [0.05, 0.1) is 25.2 Å². The summed E-state index contributed by atoms with van der Waals surface area (Å²) in [5.74, 6) is 3.14. The molecular weight excluding hydrogens is 689 g/mol. The Morgan fingerprint density at radius 1 is 0.720 bits per heavy atom. The topological polar surface area (TPSA) is 63.2 Å². The molecule has 0 amide bonds. The minimum Gasteiger partial charge on any atom is -0.469 e. The first-order chi connectivity index (χ1) is 22.7. The van der Waals surface area contributed by atoms with E-state index in [1.807, 2.05) is 6.92 Å². The molecule has 50 heavy (non-hydrogen) atoms. The second kappa shape index (κ2) is 15.4. The lowest BCUT2D eigenvalue weighted by Gasteiger charge is -2.66. The van der Waals surface area contributed by atoms with Crippen molar-refractivity contribution in [1.29, 1.82) is 0 Å². The van der Waals surface area contributed by atoms with Crippen molar-refractivity contribution >= 4 is 39.2 Å². The largest absolute Gasteiger partial charge is 0.469 e. The van der Waals surface area contributed by atoms with Crippen LogP contribution in [0.5, 0.6) is 0 Å². The SMILES string of the molecule is COC(=O)C(C)C(CCC(C)[C@H]1CCC2C3C(C[C@H](O[Si](C)(C)C)[C@@]21C)[C@@]1(C)CC[C@@H](O[Si](C)(C)C)C[C@H]1C[C@H]3O[Si](C)(C)C)O[Si](C)(C)C. The van der Waals surface area contributed by atoms with E-state index in [2.05, 4.69) is 99.3 Å². The maximum atomic E-state index is 12.7. The first-order valence-corrected chi connectivity index (χ1v) is 34.1. The molecule has 0 aliphatic heterocycles. The highest BCUT2D eigenvalue weighted by Gasteiger charge is 2.67. The molecule has 4 fully saturated rings. The monoisotopic (exact) mass is 769 g/mol. The number of hydrogen-bond donors (Lipinski definition) is 0. The van der Waals surface area contributed by atoms with E-state index in [0.29, 0.717) is 53.1 Å². The van der Waals surface area contributed by atoms with Gasteiger partial charge in [-0.3, -0.25) is 4.79 Å². The molecule has 0 spiro atoms. The summed E-state index contributed by atoms with van der Waals surface area (Å²) in [6, 6.07) is 0. The third-order valence-electron chi connectivity index (χ3n) is 13.5. The highest BCUT2D eigenvalue weighted by molar-refractivity contribution is 6.70. The van der Waals surface area contributed by atoms with Gasteiger partial charge < -0.3 is 22.4 Å². The smallest absolute Gasteiger partial charge is 0.310 e. The number of fused-ring (bicyclic) bond motifs is 5. The quantitative estimate of drug-likeness (QED) is 0.130. The van der Waals surface area contributed by atoms with Gasteiger partial charge in [-0.1, -0.05) is 20.8 Å². The summed E-state index contributed by atoms with van der Waals surface area (Å²) < 4.78 is 33.5. The summed E-state index contributed by atoms with van der Waals surface area (Å²) in [4.78, 5) is 12.7. The van der Waals surface area contributed by atoms with Gasteiger partial charge in [0.1, 0.15) is 0 Å². The molecule has 0 heterocycles. The zero-order valence-corrected chi connectivity index (χ0v) is 39.7. The molecule has 0 saturated heterocycles. The Bertz CT molecular complexity index is 1160. The second-order valence-electron chi connectivity index (χ2n) is 21.8. The molecule has 0 bridgehead atoms. The van der Waals surface area contributed by atoms with E-state index in [-0.39, 0.29) is 29.5 Å². The summed E-state index contributed by atoms with van der Waals surface area (Å²) in [7, 11) is -5.58. The van der Waals surface area contributed by atoms with Crippen LogP contribution in [0.1, 0.15) is 85.5 Å². The maximum absolute atomic E-state index is 12.7. The molecule has 0 aromatic rings. The summed E-state index contributed by atoms with van der Waals surface area (Å²) in [6.07, 6.45) is 11.4. The highest BCUT2D eigenvalue weighted by Crippen LogP contribution is 2.69. The molecule has 10 heteroatoms. The van der Waals surface area contributed by atoms with Gasteiger partial charge in [-0.2, -0.15) is 0 Å². The molecule has 0 aromatic heterocycles.